The number of amides is 1. The smallest absolute Gasteiger partial charge is 0.253 e. The van der Waals surface area contributed by atoms with Crippen LogP contribution in [0.25, 0.3) is 0 Å². The summed E-state index contributed by atoms with van der Waals surface area (Å²) in [6.07, 6.45) is 1.07. The number of nitrogens with one attached hydrogen (secondary N) is 1. The van der Waals surface area contributed by atoms with Crippen LogP contribution in [0.5, 0.6) is 0 Å². The highest BCUT2D eigenvalue weighted by Gasteiger charge is 2.11. The van der Waals surface area contributed by atoms with E-state index in [9.17, 15) is 4.79 Å². The Morgan fingerprint density at radius 3 is 2.35 bits per heavy atom. The first-order valence-corrected chi connectivity index (χ1v) is 8.39. The van der Waals surface area contributed by atoms with Gasteiger partial charge in [0.15, 0.2) is 5.96 Å². The van der Waals surface area contributed by atoms with Crippen LogP contribution in [-0.4, -0.2) is 36.4 Å². The normalized spacial score (nSPS) is 11.6. The minimum absolute atomic E-state index is 0.0694. The van der Waals surface area contributed by atoms with Gasteiger partial charge in [0, 0.05) is 25.2 Å². The molecule has 1 rings (SSSR count). The number of benzene rings is 1. The molecule has 0 radical (unpaired) electrons. The Morgan fingerprint density at radius 2 is 1.83 bits per heavy atom. The van der Waals surface area contributed by atoms with Gasteiger partial charge in [-0.15, -0.1) is 0 Å². The molecule has 0 aliphatic heterocycles. The summed E-state index contributed by atoms with van der Waals surface area (Å²) in [4.78, 5) is 18.4. The molecule has 1 aromatic rings. The maximum Gasteiger partial charge on any atom is 0.253 e. The van der Waals surface area contributed by atoms with Crippen LogP contribution in [-0.2, 0) is 6.54 Å². The Labute approximate surface area is 140 Å². The third-order valence-corrected chi connectivity index (χ3v) is 3.71. The minimum atomic E-state index is 0.0694. The fraction of sp³-hybridized carbons (Fsp3) is 0.556. The molecule has 23 heavy (non-hydrogen) atoms. The van der Waals surface area contributed by atoms with E-state index in [1.165, 1.54) is 0 Å². The number of guanidine groups is 1. The molecule has 5 nitrogen and oxygen atoms in total. The molecular weight excluding hydrogens is 288 g/mol. The summed E-state index contributed by atoms with van der Waals surface area (Å²) in [6.45, 7) is 11.1. The van der Waals surface area contributed by atoms with E-state index in [0.717, 1.165) is 31.6 Å². The SMILES string of the molecule is CCN(CC)C(=O)c1ccc(CN=C(N)NCCC(C)C)cc1. The monoisotopic (exact) mass is 318 g/mol. The molecule has 1 aromatic carbocycles. The van der Waals surface area contributed by atoms with Gasteiger partial charge in [0.2, 0.25) is 0 Å². The second-order valence-corrected chi connectivity index (χ2v) is 5.99. The van der Waals surface area contributed by atoms with Crippen molar-refractivity contribution in [2.24, 2.45) is 16.6 Å². The topological polar surface area (TPSA) is 70.7 Å². The van der Waals surface area contributed by atoms with E-state index in [4.69, 9.17) is 5.73 Å². The highest BCUT2D eigenvalue weighted by molar-refractivity contribution is 5.94. The Balaban J connectivity index is 2.55. The number of carbonyl (C=O) groups is 1. The van der Waals surface area contributed by atoms with Crippen LogP contribution >= 0.6 is 0 Å². The molecule has 128 valence electrons. The van der Waals surface area contributed by atoms with Crippen LogP contribution in [0.3, 0.4) is 0 Å². The van der Waals surface area contributed by atoms with Crippen LogP contribution in [0.4, 0.5) is 0 Å². The molecular formula is C18H30N4O. The van der Waals surface area contributed by atoms with E-state index < -0.39 is 0 Å². The summed E-state index contributed by atoms with van der Waals surface area (Å²) in [5.41, 5.74) is 7.59. The molecule has 0 saturated carbocycles. The average molecular weight is 318 g/mol. The molecule has 0 heterocycles. The van der Waals surface area contributed by atoms with Gasteiger partial charge < -0.3 is 16.0 Å². The van der Waals surface area contributed by atoms with E-state index in [2.05, 4.69) is 24.2 Å². The van der Waals surface area contributed by atoms with Gasteiger partial charge in [-0.1, -0.05) is 26.0 Å². The van der Waals surface area contributed by atoms with Crippen molar-refractivity contribution in [1.82, 2.24) is 10.2 Å². The lowest BCUT2D eigenvalue weighted by Crippen LogP contribution is -2.32. The Morgan fingerprint density at radius 1 is 1.22 bits per heavy atom. The van der Waals surface area contributed by atoms with E-state index in [-0.39, 0.29) is 5.91 Å². The summed E-state index contributed by atoms with van der Waals surface area (Å²) in [5, 5.41) is 3.11. The highest BCUT2D eigenvalue weighted by atomic mass is 16.2. The van der Waals surface area contributed by atoms with Crippen molar-refractivity contribution in [1.29, 1.82) is 0 Å². The summed E-state index contributed by atoms with van der Waals surface area (Å²) >= 11 is 0. The molecule has 0 aliphatic carbocycles. The van der Waals surface area contributed by atoms with Gasteiger partial charge >= 0.3 is 0 Å². The number of nitrogens with two attached hydrogens (primary N) is 1. The predicted octanol–water partition coefficient (Wildman–Crippen LogP) is 2.62. The fourth-order valence-electron chi connectivity index (χ4n) is 2.17. The first-order chi connectivity index (χ1) is 11.0. The standard InChI is InChI=1S/C18H30N4O/c1-5-22(6-2)17(23)16-9-7-15(8-10-16)13-21-18(19)20-12-11-14(3)4/h7-10,14H,5-6,11-13H2,1-4H3,(H3,19,20,21). The Bertz CT molecular complexity index is 504. The number of carbonyl (C=O) groups excluding carboxylic acids is 1. The summed E-state index contributed by atoms with van der Waals surface area (Å²) < 4.78 is 0. The van der Waals surface area contributed by atoms with Gasteiger partial charge in [-0.25, -0.2) is 4.99 Å². The number of aliphatic imine (C=N–C) groups is 1. The highest BCUT2D eigenvalue weighted by Crippen LogP contribution is 2.09. The molecule has 0 aliphatic rings. The molecule has 0 unspecified atom stereocenters. The molecule has 5 heteroatoms. The summed E-state index contributed by atoms with van der Waals surface area (Å²) in [5.74, 6) is 1.18. The van der Waals surface area contributed by atoms with Crippen molar-refractivity contribution in [3.8, 4) is 0 Å². The second kappa shape index (κ2) is 9.87. The van der Waals surface area contributed by atoms with Crippen molar-refractivity contribution in [3.05, 3.63) is 35.4 Å². The van der Waals surface area contributed by atoms with E-state index in [1.807, 2.05) is 43.0 Å². The molecule has 0 aromatic heterocycles. The third kappa shape index (κ3) is 6.72. The predicted molar refractivity (Wildman–Crippen MR) is 96.5 cm³/mol. The second-order valence-electron chi connectivity index (χ2n) is 5.99. The number of hydrogen-bond acceptors (Lipinski definition) is 2. The van der Waals surface area contributed by atoms with E-state index in [0.29, 0.717) is 24.0 Å². The average Bonchev–Trinajstić information content (AvgIpc) is 2.54. The van der Waals surface area contributed by atoms with Crippen molar-refractivity contribution in [3.63, 3.8) is 0 Å². The van der Waals surface area contributed by atoms with Crippen molar-refractivity contribution >= 4 is 11.9 Å². The molecule has 0 spiro atoms. The van der Waals surface area contributed by atoms with Gasteiger partial charge in [0.25, 0.3) is 5.91 Å². The molecule has 0 atom stereocenters. The Kier molecular flexibility index (Phi) is 8.16. The number of nitrogens with zero attached hydrogens (tertiary/aromatic N) is 2. The fourth-order valence-corrected chi connectivity index (χ4v) is 2.17. The Hall–Kier alpha value is -2.04. The third-order valence-electron chi connectivity index (χ3n) is 3.71. The van der Waals surface area contributed by atoms with Crippen molar-refractivity contribution < 1.29 is 4.79 Å². The van der Waals surface area contributed by atoms with Crippen molar-refractivity contribution in [2.45, 2.75) is 40.7 Å². The molecule has 0 bridgehead atoms. The largest absolute Gasteiger partial charge is 0.370 e. The van der Waals surface area contributed by atoms with Crippen LogP contribution < -0.4 is 11.1 Å². The lowest BCUT2D eigenvalue weighted by atomic mass is 10.1. The number of rotatable bonds is 8. The number of hydrogen-bond donors (Lipinski definition) is 2. The molecule has 0 saturated heterocycles. The maximum absolute atomic E-state index is 12.2. The van der Waals surface area contributed by atoms with Gasteiger partial charge in [0.1, 0.15) is 0 Å². The zero-order valence-corrected chi connectivity index (χ0v) is 14.8. The molecule has 0 fully saturated rings. The first-order valence-electron chi connectivity index (χ1n) is 8.39. The van der Waals surface area contributed by atoms with Crippen LogP contribution in [0, 0.1) is 5.92 Å². The maximum atomic E-state index is 12.2. The lowest BCUT2D eigenvalue weighted by Gasteiger charge is -2.18. The summed E-state index contributed by atoms with van der Waals surface area (Å²) in [6, 6.07) is 7.57. The van der Waals surface area contributed by atoms with Gasteiger partial charge in [-0.3, -0.25) is 4.79 Å². The zero-order chi connectivity index (χ0) is 17.2. The zero-order valence-electron chi connectivity index (χ0n) is 14.8. The quantitative estimate of drug-likeness (QED) is 0.572. The first kappa shape index (κ1) is 19.0. The molecule has 1 amide bonds. The van der Waals surface area contributed by atoms with Gasteiger partial charge in [0.05, 0.1) is 6.54 Å². The minimum Gasteiger partial charge on any atom is -0.370 e. The van der Waals surface area contributed by atoms with Gasteiger partial charge in [-0.2, -0.15) is 0 Å². The summed E-state index contributed by atoms with van der Waals surface area (Å²) in [7, 11) is 0. The van der Waals surface area contributed by atoms with Crippen LogP contribution in [0.1, 0.15) is 50.0 Å². The van der Waals surface area contributed by atoms with Gasteiger partial charge in [-0.05, 0) is 43.9 Å². The van der Waals surface area contributed by atoms with Crippen LogP contribution in [0.2, 0.25) is 0 Å². The van der Waals surface area contributed by atoms with Crippen molar-refractivity contribution in [2.75, 3.05) is 19.6 Å². The molecule has 3 N–H and O–H groups in total. The van der Waals surface area contributed by atoms with E-state index >= 15 is 0 Å². The van der Waals surface area contributed by atoms with E-state index in [1.54, 1.807) is 0 Å². The lowest BCUT2D eigenvalue weighted by molar-refractivity contribution is 0.0773. The van der Waals surface area contributed by atoms with Crippen LogP contribution in [0.15, 0.2) is 29.3 Å².